The molecule has 3 aromatic heterocycles. The number of anilines is 1. The number of ether oxygens (including phenoxy) is 1. The lowest BCUT2D eigenvalue weighted by atomic mass is 10.0. The van der Waals surface area contributed by atoms with E-state index in [4.69, 9.17) is 22.1 Å². The van der Waals surface area contributed by atoms with E-state index in [0.29, 0.717) is 33.2 Å². The van der Waals surface area contributed by atoms with Crippen LogP contribution >= 0.6 is 11.6 Å². The summed E-state index contributed by atoms with van der Waals surface area (Å²) in [6, 6.07) is 16.3. The van der Waals surface area contributed by atoms with Gasteiger partial charge >= 0.3 is 0 Å². The van der Waals surface area contributed by atoms with Gasteiger partial charge in [0.15, 0.2) is 11.5 Å². The fourth-order valence-corrected chi connectivity index (χ4v) is 3.79. The second-order valence-corrected chi connectivity index (χ2v) is 7.63. The molecule has 9 heteroatoms. The molecule has 2 aromatic carbocycles. The number of hydrogen-bond donors (Lipinski definition) is 2. The zero-order chi connectivity index (χ0) is 22.9. The standard InChI is InChI=1S/C24H17ClN6O2/c1-33-16-7-8-18(27-12-16)23(32)22-24(26)30-20(13-5-3-2-4-6-13)21(29-22)14-9-15-11-28-31-19(15)17(25)10-14/h2-12H,1H3,(H2,26,30)(H,28,31). The molecule has 162 valence electrons. The minimum atomic E-state index is -0.445. The third-order valence-corrected chi connectivity index (χ3v) is 5.46. The van der Waals surface area contributed by atoms with Crippen LogP contribution in [-0.4, -0.2) is 38.0 Å². The van der Waals surface area contributed by atoms with Crippen molar-refractivity contribution in [2.24, 2.45) is 0 Å². The van der Waals surface area contributed by atoms with E-state index in [1.165, 1.54) is 13.3 Å². The Hall–Kier alpha value is -4.30. The van der Waals surface area contributed by atoms with Crippen LogP contribution in [0.1, 0.15) is 16.2 Å². The molecule has 0 aliphatic heterocycles. The van der Waals surface area contributed by atoms with Crippen LogP contribution in [0.2, 0.25) is 5.02 Å². The Kier molecular flexibility index (Phi) is 5.20. The molecule has 0 atom stereocenters. The van der Waals surface area contributed by atoms with Crippen LogP contribution in [-0.2, 0) is 0 Å². The number of nitrogens with two attached hydrogens (primary N) is 1. The van der Waals surface area contributed by atoms with Crippen LogP contribution in [0.25, 0.3) is 33.4 Å². The van der Waals surface area contributed by atoms with E-state index in [0.717, 1.165) is 10.9 Å². The second kappa shape index (κ2) is 8.33. The Morgan fingerprint density at radius 3 is 2.52 bits per heavy atom. The minimum Gasteiger partial charge on any atom is -0.495 e. The molecule has 0 spiro atoms. The molecule has 0 radical (unpaired) electrons. The highest BCUT2D eigenvalue weighted by molar-refractivity contribution is 6.35. The Morgan fingerprint density at radius 1 is 1.00 bits per heavy atom. The Bertz CT molecular complexity index is 1480. The number of rotatable bonds is 5. The number of H-pyrrole nitrogens is 1. The largest absolute Gasteiger partial charge is 0.495 e. The van der Waals surface area contributed by atoms with Gasteiger partial charge < -0.3 is 10.5 Å². The number of pyridine rings is 1. The van der Waals surface area contributed by atoms with Gasteiger partial charge in [0, 0.05) is 16.5 Å². The molecule has 0 saturated heterocycles. The Labute approximate surface area is 193 Å². The fraction of sp³-hybridized carbons (Fsp3) is 0.0417. The first-order chi connectivity index (χ1) is 16.0. The van der Waals surface area contributed by atoms with Gasteiger partial charge in [0.25, 0.3) is 0 Å². The molecular weight excluding hydrogens is 440 g/mol. The van der Waals surface area contributed by atoms with Crippen molar-refractivity contribution in [3.05, 3.63) is 83.4 Å². The second-order valence-electron chi connectivity index (χ2n) is 7.23. The molecule has 0 saturated carbocycles. The van der Waals surface area contributed by atoms with Gasteiger partial charge in [-0.3, -0.25) is 9.89 Å². The van der Waals surface area contributed by atoms with Gasteiger partial charge in [0.05, 0.1) is 41.4 Å². The van der Waals surface area contributed by atoms with Gasteiger partial charge in [0.1, 0.15) is 11.4 Å². The average Bonchev–Trinajstić information content (AvgIpc) is 3.33. The van der Waals surface area contributed by atoms with E-state index < -0.39 is 5.78 Å². The number of fused-ring (bicyclic) bond motifs is 1. The molecule has 0 bridgehead atoms. The number of benzene rings is 2. The van der Waals surface area contributed by atoms with Crippen molar-refractivity contribution in [2.75, 3.05) is 12.8 Å². The number of carbonyl (C=O) groups is 1. The molecule has 0 aliphatic carbocycles. The molecule has 3 N–H and O–H groups in total. The molecule has 0 aliphatic rings. The zero-order valence-corrected chi connectivity index (χ0v) is 18.2. The number of nitrogen functional groups attached to an aromatic ring is 1. The van der Waals surface area contributed by atoms with E-state index in [2.05, 4.69) is 25.1 Å². The third kappa shape index (κ3) is 3.77. The Balaban J connectivity index is 1.71. The number of methoxy groups -OCH3 is 1. The first-order valence-electron chi connectivity index (χ1n) is 9.96. The minimum absolute atomic E-state index is 0.00533. The lowest BCUT2D eigenvalue weighted by Gasteiger charge is -2.13. The molecule has 0 unspecified atom stereocenters. The van der Waals surface area contributed by atoms with Crippen molar-refractivity contribution < 1.29 is 9.53 Å². The summed E-state index contributed by atoms with van der Waals surface area (Å²) in [6.45, 7) is 0. The fourth-order valence-electron chi connectivity index (χ4n) is 3.52. The number of halogens is 1. The summed E-state index contributed by atoms with van der Waals surface area (Å²) >= 11 is 6.48. The van der Waals surface area contributed by atoms with Crippen molar-refractivity contribution in [2.45, 2.75) is 0 Å². The predicted molar refractivity (Wildman–Crippen MR) is 126 cm³/mol. The molecule has 5 aromatic rings. The SMILES string of the molecule is COc1ccc(C(=O)c2nc(-c3cc(Cl)c4[nH]ncc4c3)c(-c3ccccc3)nc2N)nc1. The zero-order valence-electron chi connectivity index (χ0n) is 17.4. The van der Waals surface area contributed by atoms with Crippen LogP contribution in [0.3, 0.4) is 0 Å². The van der Waals surface area contributed by atoms with Crippen LogP contribution in [0.4, 0.5) is 5.82 Å². The number of hydrogen-bond acceptors (Lipinski definition) is 7. The lowest BCUT2D eigenvalue weighted by Crippen LogP contribution is -2.13. The van der Waals surface area contributed by atoms with Gasteiger partial charge in [-0.1, -0.05) is 41.9 Å². The lowest BCUT2D eigenvalue weighted by molar-refractivity contribution is 0.103. The maximum atomic E-state index is 13.2. The summed E-state index contributed by atoms with van der Waals surface area (Å²) in [4.78, 5) is 26.6. The summed E-state index contributed by atoms with van der Waals surface area (Å²) in [5, 5.41) is 8.20. The summed E-state index contributed by atoms with van der Waals surface area (Å²) in [6.07, 6.45) is 3.13. The van der Waals surface area contributed by atoms with Gasteiger partial charge in [-0.25, -0.2) is 15.0 Å². The number of nitrogens with one attached hydrogen (secondary N) is 1. The normalized spacial score (nSPS) is 11.0. The summed E-state index contributed by atoms with van der Waals surface area (Å²) in [7, 11) is 1.53. The molecule has 33 heavy (non-hydrogen) atoms. The van der Waals surface area contributed by atoms with E-state index in [9.17, 15) is 4.79 Å². The predicted octanol–water partition coefficient (Wildman–Crippen LogP) is 4.56. The number of ketones is 1. The Morgan fingerprint density at radius 2 is 1.79 bits per heavy atom. The smallest absolute Gasteiger partial charge is 0.233 e. The number of aromatic amines is 1. The highest BCUT2D eigenvalue weighted by atomic mass is 35.5. The van der Waals surface area contributed by atoms with E-state index in [-0.39, 0.29) is 17.2 Å². The monoisotopic (exact) mass is 456 g/mol. The van der Waals surface area contributed by atoms with Crippen LogP contribution in [0, 0.1) is 0 Å². The van der Waals surface area contributed by atoms with Crippen molar-refractivity contribution in [1.29, 1.82) is 0 Å². The first kappa shape index (κ1) is 20.6. The van der Waals surface area contributed by atoms with Gasteiger partial charge in [-0.2, -0.15) is 5.10 Å². The topological polar surface area (TPSA) is 120 Å². The van der Waals surface area contributed by atoms with Crippen LogP contribution < -0.4 is 10.5 Å². The maximum absolute atomic E-state index is 13.2. The molecule has 5 rings (SSSR count). The van der Waals surface area contributed by atoms with E-state index >= 15 is 0 Å². The number of nitrogens with zero attached hydrogens (tertiary/aromatic N) is 4. The molecule has 0 amide bonds. The average molecular weight is 457 g/mol. The maximum Gasteiger partial charge on any atom is 0.233 e. The summed E-state index contributed by atoms with van der Waals surface area (Å²) in [5.41, 5.74) is 9.60. The number of aromatic nitrogens is 5. The molecular formula is C24H17ClN6O2. The summed E-state index contributed by atoms with van der Waals surface area (Å²) < 4.78 is 5.11. The van der Waals surface area contributed by atoms with E-state index in [1.54, 1.807) is 24.4 Å². The van der Waals surface area contributed by atoms with Crippen molar-refractivity contribution >= 4 is 34.1 Å². The summed E-state index contributed by atoms with van der Waals surface area (Å²) in [5.74, 6) is 0.100. The van der Waals surface area contributed by atoms with Crippen molar-refractivity contribution in [3.8, 4) is 28.3 Å². The third-order valence-electron chi connectivity index (χ3n) is 5.16. The first-order valence-corrected chi connectivity index (χ1v) is 10.3. The number of carbonyl (C=O) groups excluding carboxylic acids is 1. The van der Waals surface area contributed by atoms with Gasteiger partial charge in [0.2, 0.25) is 5.78 Å². The molecule has 0 fully saturated rings. The molecule has 8 nitrogen and oxygen atoms in total. The van der Waals surface area contributed by atoms with Gasteiger partial charge in [-0.15, -0.1) is 0 Å². The van der Waals surface area contributed by atoms with Crippen LogP contribution in [0.5, 0.6) is 5.75 Å². The van der Waals surface area contributed by atoms with Crippen LogP contribution in [0.15, 0.2) is 67.0 Å². The van der Waals surface area contributed by atoms with E-state index in [1.807, 2.05) is 36.4 Å². The highest BCUT2D eigenvalue weighted by Gasteiger charge is 2.22. The molecule has 3 heterocycles. The quantitative estimate of drug-likeness (QED) is 0.372. The highest BCUT2D eigenvalue weighted by Crippen LogP contribution is 2.35. The van der Waals surface area contributed by atoms with Crippen molar-refractivity contribution in [1.82, 2.24) is 25.1 Å². The van der Waals surface area contributed by atoms with Crippen molar-refractivity contribution in [3.63, 3.8) is 0 Å². The van der Waals surface area contributed by atoms with Gasteiger partial charge in [-0.05, 0) is 24.3 Å².